The van der Waals surface area contributed by atoms with E-state index >= 15 is 0 Å². The van der Waals surface area contributed by atoms with Crippen LogP contribution in [0.25, 0.3) is 0 Å². The minimum Gasteiger partial charge on any atom is -0.355 e. The van der Waals surface area contributed by atoms with E-state index in [0.29, 0.717) is 31.7 Å². The van der Waals surface area contributed by atoms with E-state index < -0.39 is 17.8 Å². The van der Waals surface area contributed by atoms with E-state index in [2.05, 4.69) is 22.9 Å². The molecule has 8 heteroatoms. The number of aryl methyl sites for hydroxylation is 1. The number of thiol groups is 1. The van der Waals surface area contributed by atoms with Gasteiger partial charge < -0.3 is 9.88 Å². The van der Waals surface area contributed by atoms with Crippen LogP contribution in [0.5, 0.6) is 0 Å². The van der Waals surface area contributed by atoms with Crippen molar-refractivity contribution < 1.29 is 18.0 Å². The summed E-state index contributed by atoms with van der Waals surface area (Å²) in [5.74, 6) is -0.199. The fraction of sp³-hybridized carbons (Fsp3) is 0.636. The number of fused-ring (bicyclic) bond motifs is 1. The van der Waals surface area contributed by atoms with Gasteiger partial charge in [-0.2, -0.15) is 25.8 Å². The maximum absolute atomic E-state index is 12.6. The Morgan fingerprint density at radius 1 is 1.58 bits per heavy atom. The summed E-state index contributed by atoms with van der Waals surface area (Å²) >= 11 is 3.97. The second-order valence-electron chi connectivity index (χ2n) is 4.38. The van der Waals surface area contributed by atoms with Gasteiger partial charge in [0, 0.05) is 25.0 Å². The lowest BCUT2D eigenvalue weighted by molar-refractivity contribution is -0.141. The summed E-state index contributed by atoms with van der Waals surface area (Å²) in [5.41, 5.74) is -0.934. The van der Waals surface area contributed by atoms with E-state index in [-0.39, 0.29) is 11.7 Å². The Hall–Kier alpha value is -1.18. The van der Waals surface area contributed by atoms with Gasteiger partial charge in [0.05, 0.1) is 5.92 Å². The highest BCUT2D eigenvalue weighted by molar-refractivity contribution is 7.80. The standard InChI is InChI=1S/C11H14F3N3OS/c12-11(13,14)8-6-17-4-1-2-7(9(17)16-8)10(18)15-3-5-19/h6-7,19H,1-5H2,(H,15,18). The van der Waals surface area contributed by atoms with E-state index in [9.17, 15) is 18.0 Å². The summed E-state index contributed by atoms with van der Waals surface area (Å²) in [5, 5.41) is 2.64. The third-order valence-corrected chi connectivity index (χ3v) is 3.25. The van der Waals surface area contributed by atoms with Crippen molar-refractivity contribution in [3.8, 4) is 0 Å². The molecule has 0 spiro atoms. The molecule has 106 valence electrons. The molecular weight excluding hydrogens is 279 g/mol. The molecule has 0 saturated carbocycles. The number of nitrogens with one attached hydrogen (secondary N) is 1. The quantitative estimate of drug-likeness (QED) is 0.835. The van der Waals surface area contributed by atoms with Crippen molar-refractivity contribution in [2.45, 2.75) is 31.5 Å². The maximum Gasteiger partial charge on any atom is 0.434 e. The number of imidazole rings is 1. The Balaban J connectivity index is 2.24. The predicted molar refractivity (Wildman–Crippen MR) is 66.1 cm³/mol. The molecule has 1 atom stereocenters. The van der Waals surface area contributed by atoms with Gasteiger partial charge >= 0.3 is 6.18 Å². The van der Waals surface area contributed by atoms with E-state index in [1.165, 1.54) is 4.57 Å². The van der Waals surface area contributed by atoms with Crippen molar-refractivity contribution >= 4 is 18.5 Å². The summed E-state index contributed by atoms with van der Waals surface area (Å²) in [4.78, 5) is 15.5. The number of nitrogens with zero attached hydrogens (tertiary/aromatic N) is 2. The molecule has 19 heavy (non-hydrogen) atoms. The van der Waals surface area contributed by atoms with Crippen LogP contribution in [-0.2, 0) is 17.5 Å². The summed E-state index contributed by atoms with van der Waals surface area (Å²) in [6.07, 6.45) is -2.31. The molecule has 0 aliphatic carbocycles. The molecule has 2 rings (SSSR count). The van der Waals surface area contributed by atoms with Crippen LogP contribution in [0.2, 0.25) is 0 Å². The Morgan fingerprint density at radius 3 is 2.95 bits per heavy atom. The molecule has 1 aromatic heterocycles. The molecule has 1 N–H and O–H groups in total. The van der Waals surface area contributed by atoms with Crippen LogP contribution in [-0.4, -0.2) is 27.8 Å². The number of hydrogen-bond donors (Lipinski definition) is 2. The van der Waals surface area contributed by atoms with Gasteiger partial charge in [0.15, 0.2) is 5.69 Å². The van der Waals surface area contributed by atoms with Gasteiger partial charge in [0.25, 0.3) is 0 Å². The first-order valence-corrected chi connectivity index (χ1v) is 6.59. The number of alkyl halides is 3. The highest BCUT2D eigenvalue weighted by Crippen LogP contribution is 2.33. The van der Waals surface area contributed by atoms with E-state index in [1.807, 2.05) is 0 Å². The van der Waals surface area contributed by atoms with Crippen molar-refractivity contribution in [2.24, 2.45) is 0 Å². The molecule has 0 bridgehead atoms. The maximum atomic E-state index is 12.6. The predicted octanol–water partition coefficient (Wildman–Crippen LogP) is 1.83. The van der Waals surface area contributed by atoms with Crippen LogP contribution in [0.3, 0.4) is 0 Å². The van der Waals surface area contributed by atoms with E-state index in [0.717, 1.165) is 6.20 Å². The van der Waals surface area contributed by atoms with Crippen LogP contribution in [0.4, 0.5) is 13.2 Å². The smallest absolute Gasteiger partial charge is 0.355 e. The minimum absolute atomic E-state index is 0.204. The number of hydrogen-bond acceptors (Lipinski definition) is 3. The average molecular weight is 293 g/mol. The molecule has 1 amide bonds. The lowest BCUT2D eigenvalue weighted by atomic mass is 9.98. The first-order chi connectivity index (χ1) is 8.93. The molecule has 1 aliphatic rings. The Bertz CT molecular complexity index is 472. The zero-order chi connectivity index (χ0) is 14.0. The van der Waals surface area contributed by atoms with Crippen LogP contribution in [0.15, 0.2) is 6.20 Å². The average Bonchev–Trinajstić information content (AvgIpc) is 2.79. The molecule has 1 aromatic rings. The number of halogens is 3. The van der Waals surface area contributed by atoms with E-state index in [1.54, 1.807) is 0 Å². The zero-order valence-corrected chi connectivity index (χ0v) is 11.0. The van der Waals surface area contributed by atoms with Gasteiger partial charge in [-0.1, -0.05) is 0 Å². The molecule has 0 saturated heterocycles. The highest BCUT2D eigenvalue weighted by Gasteiger charge is 2.37. The molecular formula is C11H14F3N3OS. The monoisotopic (exact) mass is 293 g/mol. The molecule has 1 aliphatic heterocycles. The van der Waals surface area contributed by atoms with Gasteiger partial charge in [0.1, 0.15) is 5.82 Å². The summed E-state index contributed by atoms with van der Waals surface area (Å²) in [7, 11) is 0. The number of amides is 1. The molecule has 0 radical (unpaired) electrons. The van der Waals surface area contributed by atoms with Gasteiger partial charge in [-0.15, -0.1) is 0 Å². The Kier molecular flexibility index (Phi) is 4.07. The number of carbonyl (C=O) groups is 1. The van der Waals surface area contributed by atoms with Crippen LogP contribution in [0.1, 0.15) is 30.3 Å². The van der Waals surface area contributed by atoms with Crippen molar-refractivity contribution in [3.63, 3.8) is 0 Å². The lowest BCUT2D eigenvalue weighted by Crippen LogP contribution is -2.34. The largest absolute Gasteiger partial charge is 0.434 e. The van der Waals surface area contributed by atoms with Gasteiger partial charge in [-0.25, -0.2) is 4.98 Å². The van der Waals surface area contributed by atoms with Crippen molar-refractivity contribution in [2.75, 3.05) is 12.3 Å². The van der Waals surface area contributed by atoms with Gasteiger partial charge in [-0.3, -0.25) is 4.79 Å². The molecule has 4 nitrogen and oxygen atoms in total. The van der Waals surface area contributed by atoms with Gasteiger partial charge in [-0.05, 0) is 12.8 Å². The third-order valence-electron chi connectivity index (χ3n) is 3.03. The third kappa shape index (κ3) is 3.05. The van der Waals surface area contributed by atoms with Crippen molar-refractivity contribution in [3.05, 3.63) is 17.7 Å². The van der Waals surface area contributed by atoms with Crippen molar-refractivity contribution in [1.82, 2.24) is 14.9 Å². The zero-order valence-electron chi connectivity index (χ0n) is 10.1. The lowest BCUT2D eigenvalue weighted by Gasteiger charge is -2.22. The number of rotatable bonds is 3. The summed E-state index contributed by atoms with van der Waals surface area (Å²) in [6.45, 7) is 0.861. The first kappa shape index (κ1) is 14.2. The fourth-order valence-electron chi connectivity index (χ4n) is 2.17. The Labute approximate surface area is 113 Å². The van der Waals surface area contributed by atoms with Crippen molar-refractivity contribution in [1.29, 1.82) is 0 Å². The van der Waals surface area contributed by atoms with E-state index in [4.69, 9.17) is 0 Å². The second-order valence-corrected chi connectivity index (χ2v) is 4.83. The summed E-state index contributed by atoms with van der Waals surface area (Å²) in [6, 6.07) is 0. The van der Waals surface area contributed by atoms with Gasteiger partial charge in [0.2, 0.25) is 5.91 Å². The first-order valence-electron chi connectivity index (χ1n) is 5.96. The van der Waals surface area contributed by atoms with Crippen LogP contribution in [0, 0.1) is 0 Å². The minimum atomic E-state index is -4.48. The number of aromatic nitrogens is 2. The molecule has 0 aromatic carbocycles. The van der Waals surface area contributed by atoms with Crippen LogP contribution < -0.4 is 5.32 Å². The number of carbonyl (C=O) groups excluding carboxylic acids is 1. The topological polar surface area (TPSA) is 46.9 Å². The molecule has 1 unspecified atom stereocenters. The molecule has 2 heterocycles. The highest BCUT2D eigenvalue weighted by atomic mass is 32.1. The summed E-state index contributed by atoms with van der Waals surface area (Å²) < 4.78 is 39.3. The normalized spacial score (nSPS) is 19.1. The Morgan fingerprint density at radius 2 is 2.32 bits per heavy atom. The fourth-order valence-corrected chi connectivity index (χ4v) is 2.28. The second kappa shape index (κ2) is 5.44. The van der Waals surface area contributed by atoms with Crippen LogP contribution >= 0.6 is 12.6 Å². The SMILES string of the molecule is O=C(NCCS)C1CCCn2cc(C(F)(F)F)nc21. The molecule has 0 fully saturated rings.